The van der Waals surface area contributed by atoms with Gasteiger partial charge in [-0.1, -0.05) is 28.8 Å². The van der Waals surface area contributed by atoms with Crippen molar-refractivity contribution < 1.29 is 4.79 Å². The van der Waals surface area contributed by atoms with E-state index in [9.17, 15) is 4.79 Å². The SMILES string of the molecule is Cc1cc(C)cc(C(=O)Nc2ccc(Cl)c(Br)c2)c1. The third-order valence-electron chi connectivity index (χ3n) is 2.66. The van der Waals surface area contributed by atoms with E-state index in [2.05, 4.69) is 21.2 Å². The number of aryl methyl sites for hydroxylation is 2. The van der Waals surface area contributed by atoms with Gasteiger partial charge in [-0.25, -0.2) is 0 Å². The molecule has 0 aromatic heterocycles. The molecule has 2 nitrogen and oxygen atoms in total. The zero-order valence-electron chi connectivity index (χ0n) is 10.6. The Labute approximate surface area is 125 Å². The van der Waals surface area contributed by atoms with Gasteiger partial charge in [0.15, 0.2) is 0 Å². The number of carbonyl (C=O) groups is 1. The molecular weight excluding hydrogens is 326 g/mol. The highest BCUT2D eigenvalue weighted by atomic mass is 79.9. The minimum absolute atomic E-state index is 0.124. The Morgan fingerprint density at radius 3 is 2.32 bits per heavy atom. The van der Waals surface area contributed by atoms with Gasteiger partial charge in [0.1, 0.15) is 0 Å². The lowest BCUT2D eigenvalue weighted by molar-refractivity contribution is 0.102. The molecule has 2 rings (SSSR count). The first-order chi connectivity index (χ1) is 8.95. The van der Waals surface area contributed by atoms with Crippen molar-refractivity contribution in [1.82, 2.24) is 0 Å². The van der Waals surface area contributed by atoms with Gasteiger partial charge in [-0.15, -0.1) is 0 Å². The molecule has 4 heteroatoms. The summed E-state index contributed by atoms with van der Waals surface area (Å²) in [6, 6.07) is 11.1. The van der Waals surface area contributed by atoms with Crippen LogP contribution in [0.3, 0.4) is 0 Å². The average Bonchev–Trinajstić information content (AvgIpc) is 2.32. The summed E-state index contributed by atoms with van der Waals surface area (Å²) in [6.07, 6.45) is 0. The second kappa shape index (κ2) is 5.76. The second-order valence-corrected chi connectivity index (χ2v) is 5.72. The lowest BCUT2D eigenvalue weighted by Crippen LogP contribution is -2.12. The molecule has 0 aliphatic rings. The van der Waals surface area contributed by atoms with Gasteiger partial charge in [0, 0.05) is 15.7 Å². The van der Waals surface area contributed by atoms with E-state index in [1.807, 2.05) is 32.0 Å². The van der Waals surface area contributed by atoms with Crippen molar-refractivity contribution in [2.75, 3.05) is 5.32 Å². The van der Waals surface area contributed by atoms with Crippen molar-refractivity contribution in [3.8, 4) is 0 Å². The van der Waals surface area contributed by atoms with Gasteiger partial charge >= 0.3 is 0 Å². The molecule has 2 aromatic rings. The molecule has 1 amide bonds. The fourth-order valence-corrected chi connectivity index (χ4v) is 2.38. The molecule has 0 saturated carbocycles. The summed E-state index contributed by atoms with van der Waals surface area (Å²) < 4.78 is 0.757. The molecule has 0 radical (unpaired) electrons. The van der Waals surface area contributed by atoms with E-state index in [4.69, 9.17) is 11.6 Å². The van der Waals surface area contributed by atoms with E-state index in [0.717, 1.165) is 15.6 Å². The molecule has 0 aliphatic heterocycles. The minimum atomic E-state index is -0.124. The Hall–Kier alpha value is -1.32. The molecular formula is C15H13BrClNO. The monoisotopic (exact) mass is 337 g/mol. The fraction of sp³-hybridized carbons (Fsp3) is 0.133. The molecule has 0 unspecified atom stereocenters. The number of hydrogen-bond acceptors (Lipinski definition) is 1. The zero-order valence-corrected chi connectivity index (χ0v) is 13.0. The topological polar surface area (TPSA) is 29.1 Å². The van der Waals surface area contributed by atoms with Crippen molar-refractivity contribution in [1.29, 1.82) is 0 Å². The highest BCUT2D eigenvalue weighted by molar-refractivity contribution is 9.10. The van der Waals surface area contributed by atoms with Crippen molar-refractivity contribution in [3.05, 3.63) is 62.6 Å². The minimum Gasteiger partial charge on any atom is -0.322 e. The van der Waals surface area contributed by atoms with E-state index >= 15 is 0 Å². The maximum Gasteiger partial charge on any atom is 0.255 e. The lowest BCUT2D eigenvalue weighted by Gasteiger charge is -2.08. The molecule has 98 valence electrons. The Kier molecular flexibility index (Phi) is 4.27. The van der Waals surface area contributed by atoms with Crippen molar-refractivity contribution in [3.63, 3.8) is 0 Å². The van der Waals surface area contributed by atoms with Crippen LogP contribution in [0.15, 0.2) is 40.9 Å². The first-order valence-corrected chi connectivity index (χ1v) is 6.97. The van der Waals surface area contributed by atoms with Gasteiger partial charge in [0.25, 0.3) is 5.91 Å². The Morgan fingerprint density at radius 1 is 1.11 bits per heavy atom. The van der Waals surface area contributed by atoms with Crippen LogP contribution in [0.25, 0.3) is 0 Å². The van der Waals surface area contributed by atoms with Gasteiger partial charge < -0.3 is 5.32 Å². The number of rotatable bonds is 2. The molecule has 0 fully saturated rings. The molecule has 0 heterocycles. The summed E-state index contributed by atoms with van der Waals surface area (Å²) in [5, 5.41) is 3.47. The van der Waals surface area contributed by atoms with Crippen LogP contribution in [0.4, 0.5) is 5.69 Å². The first-order valence-electron chi connectivity index (χ1n) is 5.80. The van der Waals surface area contributed by atoms with Gasteiger partial charge in [-0.05, 0) is 60.1 Å². The summed E-state index contributed by atoms with van der Waals surface area (Å²) in [5.74, 6) is -0.124. The highest BCUT2D eigenvalue weighted by Gasteiger charge is 2.08. The molecule has 0 saturated heterocycles. The normalized spacial score (nSPS) is 10.3. The van der Waals surface area contributed by atoms with Gasteiger partial charge in [0.2, 0.25) is 0 Å². The van der Waals surface area contributed by atoms with Crippen LogP contribution in [-0.4, -0.2) is 5.91 Å². The van der Waals surface area contributed by atoms with Crippen molar-refractivity contribution in [2.45, 2.75) is 13.8 Å². The Bertz CT molecular complexity index is 620. The summed E-state index contributed by atoms with van der Waals surface area (Å²) in [4.78, 5) is 12.2. The first kappa shape index (κ1) is 14.1. The molecule has 1 N–H and O–H groups in total. The molecule has 0 bridgehead atoms. The highest BCUT2D eigenvalue weighted by Crippen LogP contribution is 2.25. The Balaban J connectivity index is 2.22. The number of carbonyl (C=O) groups excluding carboxylic acids is 1. The zero-order chi connectivity index (χ0) is 14.0. The fourth-order valence-electron chi connectivity index (χ4n) is 1.88. The maximum absolute atomic E-state index is 12.2. The number of nitrogens with one attached hydrogen (secondary N) is 1. The quantitative estimate of drug-likeness (QED) is 0.823. The smallest absolute Gasteiger partial charge is 0.255 e. The van der Waals surface area contributed by atoms with Crippen LogP contribution >= 0.6 is 27.5 Å². The molecule has 0 spiro atoms. The van der Waals surface area contributed by atoms with Crippen molar-refractivity contribution in [2.24, 2.45) is 0 Å². The van der Waals surface area contributed by atoms with E-state index in [1.54, 1.807) is 18.2 Å². The van der Waals surface area contributed by atoms with Gasteiger partial charge in [-0.2, -0.15) is 0 Å². The van der Waals surface area contributed by atoms with Gasteiger partial charge in [0.05, 0.1) is 5.02 Å². The molecule has 19 heavy (non-hydrogen) atoms. The largest absolute Gasteiger partial charge is 0.322 e. The summed E-state index contributed by atoms with van der Waals surface area (Å²) in [7, 11) is 0. The number of halogens is 2. The van der Waals surface area contributed by atoms with Crippen molar-refractivity contribution >= 4 is 39.1 Å². The summed E-state index contributed by atoms with van der Waals surface area (Å²) in [5.41, 5.74) is 3.51. The van der Waals surface area contributed by atoms with E-state index in [1.165, 1.54) is 0 Å². The van der Waals surface area contributed by atoms with Crippen LogP contribution in [0.2, 0.25) is 5.02 Å². The third-order valence-corrected chi connectivity index (χ3v) is 3.88. The number of anilines is 1. The lowest BCUT2D eigenvalue weighted by atomic mass is 10.1. The summed E-state index contributed by atoms with van der Waals surface area (Å²) in [6.45, 7) is 3.95. The van der Waals surface area contributed by atoms with E-state index < -0.39 is 0 Å². The predicted octanol–water partition coefficient (Wildman–Crippen LogP) is 4.97. The molecule has 0 aliphatic carbocycles. The van der Waals surface area contributed by atoms with Crippen LogP contribution in [0, 0.1) is 13.8 Å². The summed E-state index contributed by atoms with van der Waals surface area (Å²) >= 11 is 9.25. The Morgan fingerprint density at radius 2 is 1.74 bits per heavy atom. The third kappa shape index (κ3) is 3.58. The van der Waals surface area contributed by atoms with Crippen LogP contribution < -0.4 is 5.32 Å². The number of amides is 1. The van der Waals surface area contributed by atoms with Crippen LogP contribution in [0.1, 0.15) is 21.5 Å². The number of benzene rings is 2. The maximum atomic E-state index is 12.2. The molecule has 0 atom stereocenters. The van der Waals surface area contributed by atoms with E-state index in [-0.39, 0.29) is 5.91 Å². The van der Waals surface area contributed by atoms with Crippen LogP contribution in [-0.2, 0) is 0 Å². The number of hydrogen-bond donors (Lipinski definition) is 1. The van der Waals surface area contributed by atoms with Crippen LogP contribution in [0.5, 0.6) is 0 Å². The average molecular weight is 339 g/mol. The van der Waals surface area contributed by atoms with E-state index in [0.29, 0.717) is 16.3 Å². The predicted molar refractivity (Wildman–Crippen MR) is 83.0 cm³/mol. The molecule has 2 aromatic carbocycles. The second-order valence-electron chi connectivity index (χ2n) is 4.46. The standard InChI is InChI=1S/C15H13BrClNO/c1-9-5-10(2)7-11(6-9)15(19)18-12-3-4-14(17)13(16)8-12/h3-8H,1-2H3,(H,18,19). The van der Waals surface area contributed by atoms with Gasteiger partial charge in [-0.3, -0.25) is 4.79 Å².